The molecule has 0 heterocycles. The third-order valence-corrected chi connectivity index (χ3v) is 4.92. The van der Waals surface area contributed by atoms with Crippen molar-refractivity contribution in [1.82, 2.24) is 5.32 Å². The van der Waals surface area contributed by atoms with Gasteiger partial charge < -0.3 is 15.2 Å². The maximum Gasteiger partial charge on any atom is 0.408 e. The number of carbonyl (C=O) groups is 2. The van der Waals surface area contributed by atoms with Crippen LogP contribution in [-0.4, -0.2) is 22.7 Å². The molecule has 3 rings (SSSR count). The summed E-state index contributed by atoms with van der Waals surface area (Å²) in [5.41, 5.74) is 2.53. The molecule has 1 atom stereocenters. The summed E-state index contributed by atoms with van der Waals surface area (Å²) in [4.78, 5) is 24.1. The van der Waals surface area contributed by atoms with Gasteiger partial charge in [-0.25, -0.2) is 9.59 Å². The highest BCUT2D eigenvalue weighted by Crippen LogP contribution is 2.22. The summed E-state index contributed by atoms with van der Waals surface area (Å²) < 4.78 is 5.17. The van der Waals surface area contributed by atoms with Crippen molar-refractivity contribution in [3.05, 3.63) is 95.6 Å². The molecule has 156 valence electrons. The van der Waals surface area contributed by atoms with Crippen LogP contribution in [0.25, 0.3) is 11.1 Å². The van der Waals surface area contributed by atoms with E-state index >= 15 is 0 Å². The van der Waals surface area contributed by atoms with Gasteiger partial charge in [0.25, 0.3) is 0 Å². The average molecular weight is 414 g/mol. The summed E-state index contributed by atoms with van der Waals surface area (Å²) in [6.07, 6.45) is -0.695. The Morgan fingerprint density at radius 3 is 2.06 bits per heavy atom. The lowest BCUT2D eigenvalue weighted by molar-refractivity contribution is -0.143. The van der Waals surface area contributed by atoms with Crippen molar-refractivity contribution in [3.8, 4) is 17.2 Å². The van der Waals surface area contributed by atoms with Gasteiger partial charge in [-0.1, -0.05) is 66.7 Å². The van der Waals surface area contributed by atoms with Gasteiger partial charge in [-0.15, -0.1) is 0 Å². The molecule has 1 amide bonds. The van der Waals surface area contributed by atoms with Gasteiger partial charge in [0.1, 0.15) is 12.1 Å². The van der Waals surface area contributed by atoms with Crippen LogP contribution < -0.4 is 5.32 Å². The normalized spacial score (nSPS) is 12.3. The number of benzene rings is 3. The highest BCUT2D eigenvalue weighted by atomic mass is 16.5. The number of hydrogen-bond acceptors (Lipinski definition) is 4. The highest BCUT2D eigenvalue weighted by Gasteiger charge is 2.35. The van der Waals surface area contributed by atoms with Gasteiger partial charge in [-0.3, -0.25) is 0 Å². The maximum absolute atomic E-state index is 12.2. The topological polar surface area (TPSA) is 99.4 Å². The molecule has 0 fully saturated rings. The van der Waals surface area contributed by atoms with E-state index in [-0.39, 0.29) is 13.0 Å². The molecule has 3 aromatic carbocycles. The predicted molar refractivity (Wildman–Crippen MR) is 116 cm³/mol. The summed E-state index contributed by atoms with van der Waals surface area (Å²) in [6.45, 7) is 1.51. The number of rotatable bonds is 7. The largest absolute Gasteiger partial charge is 0.480 e. The lowest BCUT2D eigenvalue weighted by atomic mass is 9.92. The van der Waals surface area contributed by atoms with E-state index in [0.29, 0.717) is 5.56 Å². The van der Waals surface area contributed by atoms with Crippen molar-refractivity contribution in [2.75, 3.05) is 0 Å². The Bertz CT molecular complexity index is 1090. The molecule has 0 bridgehead atoms. The van der Waals surface area contributed by atoms with Gasteiger partial charge in [0.2, 0.25) is 0 Å². The second kappa shape index (κ2) is 9.59. The second-order valence-corrected chi connectivity index (χ2v) is 7.39. The number of alkyl carbamates (subject to hydrolysis) is 1. The summed E-state index contributed by atoms with van der Waals surface area (Å²) in [5.74, 6) is -1.15. The van der Waals surface area contributed by atoms with E-state index in [2.05, 4.69) is 11.4 Å². The molecule has 0 saturated heterocycles. The van der Waals surface area contributed by atoms with E-state index in [1.807, 2.05) is 66.7 Å². The quantitative estimate of drug-likeness (QED) is 0.591. The molecule has 0 aliphatic heterocycles. The zero-order valence-corrected chi connectivity index (χ0v) is 17.0. The first-order valence-corrected chi connectivity index (χ1v) is 9.71. The van der Waals surface area contributed by atoms with Gasteiger partial charge in [-0.05, 0) is 41.3 Å². The molecular weight excluding hydrogens is 392 g/mol. The van der Waals surface area contributed by atoms with Crippen LogP contribution in [0.3, 0.4) is 0 Å². The van der Waals surface area contributed by atoms with Gasteiger partial charge in [-0.2, -0.15) is 5.26 Å². The van der Waals surface area contributed by atoms with Crippen LogP contribution in [0.15, 0.2) is 78.9 Å². The lowest BCUT2D eigenvalue weighted by Crippen LogP contribution is -2.53. The van der Waals surface area contributed by atoms with Crippen molar-refractivity contribution in [1.29, 1.82) is 5.26 Å². The lowest BCUT2D eigenvalue weighted by Gasteiger charge is -2.26. The number of hydrogen-bond donors (Lipinski definition) is 2. The minimum absolute atomic E-state index is 0.0572. The molecule has 2 N–H and O–H groups in total. The average Bonchev–Trinajstić information content (AvgIpc) is 2.79. The Labute approximate surface area is 180 Å². The summed E-state index contributed by atoms with van der Waals surface area (Å²) >= 11 is 0. The molecule has 0 radical (unpaired) electrons. The van der Waals surface area contributed by atoms with E-state index in [4.69, 9.17) is 10.00 Å². The van der Waals surface area contributed by atoms with E-state index in [9.17, 15) is 14.7 Å². The molecule has 0 spiro atoms. The molecule has 31 heavy (non-hydrogen) atoms. The van der Waals surface area contributed by atoms with Crippen molar-refractivity contribution in [3.63, 3.8) is 0 Å². The van der Waals surface area contributed by atoms with Crippen LogP contribution in [0, 0.1) is 11.3 Å². The fraction of sp³-hybridized carbons (Fsp3) is 0.160. The smallest absolute Gasteiger partial charge is 0.408 e. The number of nitrogens with zero attached hydrogens (tertiary/aromatic N) is 1. The molecule has 6 heteroatoms. The Kier molecular flexibility index (Phi) is 6.68. The molecule has 0 aliphatic carbocycles. The fourth-order valence-corrected chi connectivity index (χ4v) is 3.12. The van der Waals surface area contributed by atoms with Crippen LogP contribution in [0.4, 0.5) is 4.79 Å². The number of carboxylic acid groups (broad SMARTS) is 1. The summed E-state index contributed by atoms with van der Waals surface area (Å²) in [5, 5.41) is 21.1. The number of nitriles is 1. The third kappa shape index (κ3) is 5.71. The Morgan fingerprint density at radius 1 is 0.935 bits per heavy atom. The highest BCUT2D eigenvalue weighted by molar-refractivity contribution is 5.84. The molecule has 0 aliphatic rings. The number of amides is 1. The minimum Gasteiger partial charge on any atom is -0.480 e. The van der Waals surface area contributed by atoms with Crippen LogP contribution >= 0.6 is 0 Å². The number of ether oxygens (including phenoxy) is 1. The van der Waals surface area contributed by atoms with Crippen LogP contribution in [0.2, 0.25) is 0 Å². The predicted octanol–water partition coefficient (Wildman–Crippen LogP) is 4.54. The Morgan fingerprint density at radius 2 is 1.52 bits per heavy atom. The van der Waals surface area contributed by atoms with Crippen molar-refractivity contribution < 1.29 is 19.4 Å². The zero-order valence-electron chi connectivity index (χ0n) is 17.0. The summed E-state index contributed by atoms with van der Waals surface area (Å²) in [6, 6.07) is 25.9. The number of aliphatic carboxylic acids is 1. The SMILES string of the molecule is C[C@@](Cc1ccc(-c2ccc(C#N)cc2)cc1)(NC(=O)OCc1ccccc1)C(=O)O. The van der Waals surface area contributed by atoms with E-state index in [1.54, 1.807) is 12.1 Å². The van der Waals surface area contributed by atoms with Crippen molar-refractivity contribution >= 4 is 12.1 Å². The Balaban J connectivity index is 1.66. The van der Waals surface area contributed by atoms with E-state index in [0.717, 1.165) is 22.3 Å². The molecule has 0 unspecified atom stereocenters. The van der Waals surface area contributed by atoms with Gasteiger partial charge in [0, 0.05) is 6.42 Å². The van der Waals surface area contributed by atoms with Crippen molar-refractivity contribution in [2.45, 2.75) is 25.5 Å². The number of carboxylic acids is 1. The van der Waals surface area contributed by atoms with E-state index in [1.165, 1.54) is 6.92 Å². The number of nitrogens with one attached hydrogen (secondary N) is 1. The van der Waals surface area contributed by atoms with Crippen LogP contribution in [0.1, 0.15) is 23.6 Å². The second-order valence-electron chi connectivity index (χ2n) is 7.39. The first kappa shape index (κ1) is 21.6. The summed E-state index contributed by atoms with van der Waals surface area (Å²) in [7, 11) is 0. The maximum atomic E-state index is 12.2. The van der Waals surface area contributed by atoms with Gasteiger partial charge in [0.15, 0.2) is 0 Å². The molecule has 0 saturated carbocycles. The monoisotopic (exact) mass is 414 g/mol. The van der Waals surface area contributed by atoms with Crippen LogP contribution in [0.5, 0.6) is 0 Å². The third-order valence-electron chi connectivity index (χ3n) is 4.92. The molecular formula is C25H22N2O4. The van der Waals surface area contributed by atoms with E-state index < -0.39 is 17.6 Å². The standard InChI is InChI=1S/C25H22N2O4/c1-25(23(28)29,27-24(30)31-17-20-5-3-2-4-6-20)15-18-7-11-21(12-8-18)22-13-9-19(16-26)10-14-22/h2-14H,15,17H2,1H3,(H,27,30)(H,28,29)/t25-/m0/s1. The molecule has 6 nitrogen and oxygen atoms in total. The molecule has 3 aromatic rings. The molecule has 0 aromatic heterocycles. The van der Waals surface area contributed by atoms with Gasteiger partial charge >= 0.3 is 12.1 Å². The van der Waals surface area contributed by atoms with Crippen molar-refractivity contribution in [2.24, 2.45) is 0 Å². The zero-order chi connectivity index (χ0) is 22.3. The minimum atomic E-state index is -1.52. The first-order valence-electron chi connectivity index (χ1n) is 9.71. The Hall–Kier alpha value is -4.11. The fourth-order valence-electron chi connectivity index (χ4n) is 3.12. The first-order chi connectivity index (χ1) is 14.9. The van der Waals surface area contributed by atoms with Gasteiger partial charge in [0.05, 0.1) is 11.6 Å². The van der Waals surface area contributed by atoms with Crippen LogP contribution in [-0.2, 0) is 22.6 Å². The number of carbonyl (C=O) groups excluding carboxylic acids is 1.